The summed E-state index contributed by atoms with van der Waals surface area (Å²) in [6.45, 7) is 4.04. The lowest BCUT2D eigenvalue weighted by Gasteiger charge is -2.21. The molecule has 1 amide bonds. The van der Waals surface area contributed by atoms with Crippen LogP contribution in [0.2, 0.25) is 0 Å². The van der Waals surface area contributed by atoms with Crippen molar-refractivity contribution < 1.29 is 14.8 Å². The fourth-order valence-corrected chi connectivity index (χ4v) is 3.11. The Morgan fingerprint density at radius 1 is 1.44 bits per heavy atom. The van der Waals surface area contributed by atoms with Gasteiger partial charge in [0.15, 0.2) is 5.60 Å². The fraction of sp³-hybridized carbons (Fsp3) is 0.375. The van der Waals surface area contributed by atoms with E-state index in [4.69, 9.17) is 0 Å². The summed E-state index contributed by atoms with van der Waals surface area (Å²) in [5.41, 5.74) is -0.348. The van der Waals surface area contributed by atoms with E-state index < -0.39 is 16.4 Å². The number of nitrogens with one attached hydrogen (secondary N) is 2. The molecule has 132 valence electrons. The summed E-state index contributed by atoms with van der Waals surface area (Å²) in [6, 6.07) is 6.93. The lowest BCUT2D eigenvalue weighted by molar-refractivity contribution is -0.384. The molecule has 0 aliphatic carbocycles. The highest BCUT2D eigenvalue weighted by Crippen LogP contribution is 2.38. The van der Waals surface area contributed by atoms with Crippen LogP contribution in [0.1, 0.15) is 24.6 Å². The van der Waals surface area contributed by atoms with Crippen molar-refractivity contribution in [1.29, 1.82) is 0 Å². The highest BCUT2D eigenvalue weighted by Gasteiger charge is 2.44. The Morgan fingerprint density at radius 3 is 2.84 bits per heavy atom. The molecule has 9 nitrogen and oxygen atoms in total. The van der Waals surface area contributed by atoms with E-state index in [1.165, 1.54) is 4.68 Å². The van der Waals surface area contributed by atoms with Crippen molar-refractivity contribution in [3.05, 3.63) is 45.6 Å². The summed E-state index contributed by atoms with van der Waals surface area (Å²) in [4.78, 5) is 23.0. The molecule has 0 saturated carbocycles. The fourth-order valence-electron chi connectivity index (χ4n) is 3.11. The summed E-state index contributed by atoms with van der Waals surface area (Å²) < 4.78 is 1.50. The molecule has 1 aromatic heterocycles. The Kier molecular flexibility index (Phi) is 4.17. The van der Waals surface area contributed by atoms with Crippen molar-refractivity contribution in [2.24, 2.45) is 0 Å². The minimum absolute atomic E-state index is 0.0704. The summed E-state index contributed by atoms with van der Waals surface area (Å²) in [5, 5.41) is 31.8. The number of amides is 1. The second-order valence-electron chi connectivity index (χ2n) is 5.89. The van der Waals surface area contributed by atoms with E-state index in [1.54, 1.807) is 31.2 Å². The zero-order valence-electron chi connectivity index (χ0n) is 13.9. The molecule has 2 heterocycles. The quantitative estimate of drug-likeness (QED) is 0.541. The van der Waals surface area contributed by atoms with Gasteiger partial charge in [0.2, 0.25) is 5.82 Å². The van der Waals surface area contributed by atoms with Crippen LogP contribution in [0.4, 0.5) is 17.2 Å². The van der Waals surface area contributed by atoms with Gasteiger partial charge in [0.25, 0.3) is 5.91 Å². The number of para-hydroxylation sites is 1. The number of nitro groups is 1. The maximum atomic E-state index is 12.2. The van der Waals surface area contributed by atoms with Crippen LogP contribution in [-0.4, -0.2) is 32.3 Å². The number of carbonyl (C=O) groups excluding carboxylic acids is 1. The first kappa shape index (κ1) is 16.9. The van der Waals surface area contributed by atoms with Crippen molar-refractivity contribution in [3.63, 3.8) is 0 Å². The maximum Gasteiger partial charge on any atom is 0.333 e. The third kappa shape index (κ3) is 2.72. The summed E-state index contributed by atoms with van der Waals surface area (Å²) >= 11 is 0. The van der Waals surface area contributed by atoms with Gasteiger partial charge in [-0.25, -0.2) is 4.68 Å². The molecule has 0 radical (unpaired) electrons. The number of benzene rings is 1. The predicted octanol–water partition coefficient (Wildman–Crippen LogP) is 1.76. The Labute approximate surface area is 143 Å². The third-order valence-electron chi connectivity index (χ3n) is 4.35. The number of rotatable bonds is 6. The van der Waals surface area contributed by atoms with E-state index >= 15 is 0 Å². The van der Waals surface area contributed by atoms with Crippen LogP contribution in [0.3, 0.4) is 0 Å². The average molecular weight is 345 g/mol. The number of nitrogens with zero attached hydrogens (tertiary/aromatic N) is 3. The van der Waals surface area contributed by atoms with Gasteiger partial charge in [0.05, 0.1) is 4.92 Å². The Bertz CT molecular complexity index is 847. The predicted molar refractivity (Wildman–Crippen MR) is 91.4 cm³/mol. The monoisotopic (exact) mass is 345 g/mol. The number of aliphatic hydroxyl groups is 1. The molecule has 0 spiro atoms. The number of anilines is 2. The van der Waals surface area contributed by atoms with Crippen molar-refractivity contribution in [2.45, 2.75) is 32.4 Å². The molecule has 1 aliphatic heterocycles. The van der Waals surface area contributed by atoms with Gasteiger partial charge >= 0.3 is 5.69 Å². The second-order valence-corrected chi connectivity index (χ2v) is 5.89. The molecule has 0 fully saturated rings. The van der Waals surface area contributed by atoms with Crippen molar-refractivity contribution in [1.82, 2.24) is 9.78 Å². The molecule has 9 heteroatoms. The summed E-state index contributed by atoms with van der Waals surface area (Å²) in [5.74, 6) is -0.217. The van der Waals surface area contributed by atoms with Crippen LogP contribution in [0.5, 0.6) is 0 Å². The summed E-state index contributed by atoms with van der Waals surface area (Å²) in [6.07, 6.45) is 0.0704. The van der Waals surface area contributed by atoms with Gasteiger partial charge in [-0.3, -0.25) is 14.9 Å². The Hall–Kier alpha value is -2.94. The average Bonchev–Trinajstić information content (AvgIpc) is 3.02. The number of carbonyl (C=O) groups is 1. The zero-order valence-corrected chi connectivity index (χ0v) is 13.9. The Morgan fingerprint density at radius 2 is 2.16 bits per heavy atom. The van der Waals surface area contributed by atoms with E-state index in [2.05, 4.69) is 15.7 Å². The van der Waals surface area contributed by atoms with Gasteiger partial charge in [-0.1, -0.05) is 18.2 Å². The lowest BCUT2D eigenvalue weighted by Crippen LogP contribution is -2.36. The van der Waals surface area contributed by atoms with Crippen LogP contribution >= 0.6 is 0 Å². The third-order valence-corrected chi connectivity index (χ3v) is 4.35. The van der Waals surface area contributed by atoms with E-state index in [0.717, 1.165) is 0 Å². The number of aromatic nitrogens is 2. The van der Waals surface area contributed by atoms with Gasteiger partial charge < -0.3 is 15.7 Å². The maximum absolute atomic E-state index is 12.2. The molecule has 1 aromatic carbocycles. The van der Waals surface area contributed by atoms with Gasteiger partial charge in [-0.2, -0.15) is 5.10 Å². The van der Waals surface area contributed by atoms with Gasteiger partial charge in [-0.05, 0) is 19.9 Å². The van der Waals surface area contributed by atoms with E-state index in [0.29, 0.717) is 23.5 Å². The molecule has 1 unspecified atom stereocenters. The van der Waals surface area contributed by atoms with Gasteiger partial charge in [0, 0.05) is 30.8 Å². The van der Waals surface area contributed by atoms with Gasteiger partial charge in [0.1, 0.15) is 5.69 Å². The second kappa shape index (κ2) is 6.17. The van der Waals surface area contributed by atoms with Crippen molar-refractivity contribution >= 4 is 23.1 Å². The van der Waals surface area contributed by atoms with Crippen LogP contribution in [-0.2, 0) is 16.9 Å². The first-order valence-corrected chi connectivity index (χ1v) is 7.97. The molecular weight excluding hydrogens is 326 g/mol. The van der Waals surface area contributed by atoms with Crippen LogP contribution in [0, 0.1) is 17.0 Å². The topological polar surface area (TPSA) is 122 Å². The standard InChI is InChI=1S/C16H19N5O4/c1-3-20-14(13(21(24)25)10(2)19-20)17-9-8-16(23)11-6-4-5-7-12(11)18-15(16)22/h4-7,17,23H,3,8-9H2,1-2H3,(H,18,22). The highest BCUT2D eigenvalue weighted by atomic mass is 16.6. The molecule has 1 aliphatic rings. The molecular formula is C16H19N5O4. The zero-order chi connectivity index (χ0) is 18.2. The van der Waals surface area contributed by atoms with E-state index in [9.17, 15) is 20.0 Å². The van der Waals surface area contributed by atoms with Crippen molar-refractivity contribution in [2.75, 3.05) is 17.2 Å². The Balaban J connectivity index is 1.80. The first-order valence-electron chi connectivity index (χ1n) is 7.97. The summed E-state index contributed by atoms with van der Waals surface area (Å²) in [7, 11) is 0. The SMILES string of the molecule is CCn1nc(C)c([N+](=O)[O-])c1NCCC1(O)C(=O)Nc2ccccc21. The molecule has 2 aromatic rings. The van der Waals surface area contributed by atoms with Crippen LogP contribution < -0.4 is 10.6 Å². The molecule has 3 rings (SSSR count). The molecule has 25 heavy (non-hydrogen) atoms. The van der Waals surface area contributed by atoms with E-state index in [-0.39, 0.29) is 24.5 Å². The van der Waals surface area contributed by atoms with Crippen LogP contribution in [0.25, 0.3) is 0 Å². The number of aryl methyl sites for hydroxylation is 2. The van der Waals surface area contributed by atoms with Crippen LogP contribution in [0.15, 0.2) is 24.3 Å². The minimum atomic E-state index is -1.66. The van der Waals surface area contributed by atoms with Gasteiger partial charge in [-0.15, -0.1) is 0 Å². The number of hydrogen-bond donors (Lipinski definition) is 3. The van der Waals surface area contributed by atoms with E-state index in [1.807, 2.05) is 6.92 Å². The molecule has 0 bridgehead atoms. The molecule has 0 saturated heterocycles. The highest BCUT2D eigenvalue weighted by molar-refractivity contribution is 6.04. The van der Waals surface area contributed by atoms with Crippen molar-refractivity contribution in [3.8, 4) is 0 Å². The largest absolute Gasteiger partial charge is 0.375 e. The first-order chi connectivity index (χ1) is 11.9. The molecule has 3 N–H and O–H groups in total. The number of hydrogen-bond acceptors (Lipinski definition) is 6. The minimum Gasteiger partial charge on any atom is -0.375 e. The normalized spacial score (nSPS) is 18.8. The molecule has 1 atom stereocenters. The smallest absolute Gasteiger partial charge is 0.333 e. The number of fused-ring (bicyclic) bond motifs is 1. The lowest BCUT2D eigenvalue weighted by atomic mass is 9.92.